The van der Waals surface area contributed by atoms with Gasteiger partial charge in [-0.05, 0) is 30.3 Å². The Morgan fingerprint density at radius 2 is 1.18 bits per heavy atom. The fraction of sp³-hybridized carbons (Fsp3) is 0.0667. The number of alkyl halides is 3. The van der Waals surface area contributed by atoms with Crippen molar-refractivity contribution >= 4 is 47.8 Å². The van der Waals surface area contributed by atoms with Gasteiger partial charge in [0.1, 0.15) is 0 Å². The minimum Gasteiger partial charge on any atom is -0.255 e. The van der Waals surface area contributed by atoms with Gasteiger partial charge in [-0.2, -0.15) is 0 Å². The Kier molecular flexibility index (Phi) is 4.65. The number of hydrogen-bond acceptors (Lipinski definition) is 4. The van der Waals surface area contributed by atoms with E-state index in [9.17, 15) is 0 Å². The third-order valence-corrected chi connectivity index (χ3v) is 3.90. The fourth-order valence-electron chi connectivity index (χ4n) is 1.86. The molecule has 0 saturated carbocycles. The van der Waals surface area contributed by atoms with Crippen molar-refractivity contribution in [3.8, 4) is 22.8 Å². The van der Waals surface area contributed by atoms with Gasteiger partial charge in [0.2, 0.25) is 0 Å². The van der Waals surface area contributed by atoms with Crippen LogP contribution in [0.3, 0.4) is 0 Å². The van der Waals surface area contributed by atoms with E-state index in [-0.39, 0.29) is 0 Å². The minimum atomic E-state index is -0.707. The van der Waals surface area contributed by atoms with Gasteiger partial charge in [0.25, 0.3) is 0 Å². The fourth-order valence-corrected chi connectivity index (χ4v) is 2.40. The number of rotatable bonds is 2. The highest BCUT2D eigenvalue weighted by molar-refractivity contribution is 9.38. The van der Waals surface area contributed by atoms with Crippen LogP contribution in [0.4, 0.5) is 0 Å². The van der Waals surface area contributed by atoms with Gasteiger partial charge in [-0.15, -0.1) is 0 Å². The normalized spacial score (nSPS) is 11.4. The summed E-state index contributed by atoms with van der Waals surface area (Å²) in [4.78, 5) is 17.8. The number of pyridine rings is 2. The molecule has 0 fully saturated rings. The second kappa shape index (κ2) is 6.52. The Morgan fingerprint density at radius 3 is 1.55 bits per heavy atom. The predicted octanol–water partition coefficient (Wildman–Crippen LogP) is 4.90. The molecule has 3 rings (SSSR count). The monoisotopic (exact) mass is 482 g/mol. The van der Waals surface area contributed by atoms with E-state index >= 15 is 0 Å². The van der Waals surface area contributed by atoms with Crippen LogP contribution >= 0.6 is 47.8 Å². The van der Waals surface area contributed by atoms with Crippen LogP contribution in [0.25, 0.3) is 22.8 Å². The van der Waals surface area contributed by atoms with E-state index in [1.807, 2.05) is 42.5 Å². The van der Waals surface area contributed by atoms with Crippen LogP contribution in [0, 0.1) is 0 Å². The average Bonchev–Trinajstić information content (AvgIpc) is 2.55. The Hall–Kier alpha value is -1.18. The summed E-state index contributed by atoms with van der Waals surface area (Å²) in [6.07, 6.45) is 3.47. The molecule has 0 radical (unpaired) electrons. The van der Waals surface area contributed by atoms with Gasteiger partial charge in [0, 0.05) is 12.4 Å². The van der Waals surface area contributed by atoms with E-state index in [0.717, 1.165) is 22.8 Å². The molecule has 3 heterocycles. The molecule has 0 amide bonds. The standard InChI is InChI=1S/C15H9Br3N4/c16-15(17,18)14-21-12(10-5-1-3-7-19-10)9-13(22-14)11-6-2-4-8-20-11/h1-9H. The maximum atomic E-state index is 4.56. The van der Waals surface area contributed by atoms with Gasteiger partial charge in [0.15, 0.2) is 7.97 Å². The Morgan fingerprint density at radius 1 is 0.682 bits per heavy atom. The molecule has 0 aromatic carbocycles. The highest BCUT2D eigenvalue weighted by atomic mass is 80.0. The molecule has 0 aliphatic rings. The lowest BCUT2D eigenvalue weighted by atomic mass is 10.2. The number of hydrogen-bond donors (Lipinski definition) is 0. The lowest BCUT2D eigenvalue weighted by Crippen LogP contribution is -2.08. The molecule has 4 nitrogen and oxygen atoms in total. The summed E-state index contributed by atoms with van der Waals surface area (Å²) < 4.78 is -0.707. The molecule has 0 aliphatic heterocycles. The summed E-state index contributed by atoms with van der Waals surface area (Å²) in [5.74, 6) is 0.538. The van der Waals surface area contributed by atoms with Crippen molar-refractivity contribution in [1.29, 1.82) is 0 Å². The van der Waals surface area contributed by atoms with Gasteiger partial charge >= 0.3 is 0 Å². The summed E-state index contributed by atoms with van der Waals surface area (Å²) in [5, 5.41) is 0. The molecule has 0 unspecified atom stereocenters. The van der Waals surface area contributed by atoms with Crippen molar-refractivity contribution < 1.29 is 0 Å². The van der Waals surface area contributed by atoms with E-state index in [1.54, 1.807) is 12.4 Å². The van der Waals surface area contributed by atoms with Crippen molar-refractivity contribution in [2.45, 2.75) is 2.14 Å². The summed E-state index contributed by atoms with van der Waals surface area (Å²) in [6, 6.07) is 13.3. The molecule has 0 bridgehead atoms. The molecule has 0 aliphatic carbocycles. The second-order valence-corrected chi connectivity index (χ2v) is 11.2. The van der Waals surface area contributed by atoms with Crippen molar-refractivity contribution in [2.75, 3.05) is 0 Å². The van der Waals surface area contributed by atoms with Crippen LogP contribution in [0.1, 0.15) is 5.82 Å². The average molecular weight is 485 g/mol. The molecule has 3 aromatic rings. The van der Waals surface area contributed by atoms with Gasteiger partial charge in [-0.3, -0.25) is 9.97 Å². The first-order chi connectivity index (χ1) is 10.5. The topological polar surface area (TPSA) is 51.6 Å². The third kappa shape index (κ3) is 3.59. The van der Waals surface area contributed by atoms with Crippen LogP contribution in [-0.4, -0.2) is 19.9 Å². The second-order valence-electron chi connectivity index (χ2n) is 4.39. The third-order valence-electron chi connectivity index (χ3n) is 2.83. The zero-order chi connectivity index (χ0) is 15.6. The number of nitrogens with zero attached hydrogens (tertiary/aromatic N) is 4. The van der Waals surface area contributed by atoms with Crippen LogP contribution in [0.5, 0.6) is 0 Å². The number of aromatic nitrogens is 4. The quantitative estimate of drug-likeness (QED) is 0.486. The largest absolute Gasteiger partial charge is 0.255 e. The molecule has 0 atom stereocenters. The van der Waals surface area contributed by atoms with Crippen molar-refractivity contribution in [3.63, 3.8) is 0 Å². The first-order valence-corrected chi connectivity index (χ1v) is 8.71. The molecular weight excluding hydrogens is 476 g/mol. The van der Waals surface area contributed by atoms with Crippen LogP contribution < -0.4 is 0 Å². The minimum absolute atomic E-state index is 0.538. The molecule has 7 heteroatoms. The first kappa shape index (κ1) is 15.7. The Bertz CT molecular complexity index is 716. The number of halogens is 3. The smallest absolute Gasteiger partial charge is 0.194 e. The lowest BCUT2D eigenvalue weighted by Gasteiger charge is -2.13. The molecule has 0 N–H and O–H groups in total. The van der Waals surface area contributed by atoms with Gasteiger partial charge in [-0.1, -0.05) is 59.9 Å². The lowest BCUT2D eigenvalue weighted by molar-refractivity contribution is 1.01. The predicted molar refractivity (Wildman–Crippen MR) is 97.0 cm³/mol. The van der Waals surface area contributed by atoms with Gasteiger partial charge in [-0.25, -0.2) is 9.97 Å². The summed E-state index contributed by atoms with van der Waals surface area (Å²) in [5.41, 5.74) is 3.02. The van der Waals surface area contributed by atoms with Crippen molar-refractivity contribution in [1.82, 2.24) is 19.9 Å². The molecule has 22 heavy (non-hydrogen) atoms. The summed E-state index contributed by atoms with van der Waals surface area (Å²) in [6.45, 7) is 0. The van der Waals surface area contributed by atoms with E-state index in [4.69, 9.17) is 0 Å². The van der Waals surface area contributed by atoms with Crippen molar-refractivity contribution in [3.05, 3.63) is 60.7 Å². The van der Waals surface area contributed by atoms with Gasteiger partial charge in [0.05, 0.1) is 22.8 Å². The molecule has 3 aromatic heterocycles. The highest BCUT2D eigenvalue weighted by Crippen LogP contribution is 2.43. The molecule has 0 spiro atoms. The Balaban J connectivity index is 2.19. The van der Waals surface area contributed by atoms with E-state index in [2.05, 4.69) is 67.7 Å². The summed E-state index contributed by atoms with van der Waals surface area (Å²) in [7, 11) is 0. The highest BCUT2D eigenvalue weighted by Gasteiger charge is 2.26. The SMILES string of the molecule is BrC(Br)(Br)c1nc(-c2ccccn2)cc(-c2ccccn2)n1. The van der Waals surface area contributed by atoms with Crippen LogP contribution in [0.2, 0.25) is 0 Å². The first-order valence-electron chi connectivity index (χ1n) is 6.33. The zero-order valence-electron chi connectivity index (χ0n) is 11.1. The van der Waals surface area contributed by atoms with Crippen LogP contribution in [0.15, 0.2) is 54.9 Å². The zero-order valence-corrected chi connectivity index (χ0v) is 15.9. The van der Waals surface area contributed by atoms with Crippen LogP contribution in [-0.2, 0) is 2.14 Å². The van der Waals surface area contributed by atoms with Crippen molar-refractivity contribution in [2.24, 2.45) is 0 Å². The van der Waals surface area contributed by atoms with E-state index < -0.39 is 2.14 Å². The maximum Gasteiger partial charge on any atom is 0.194 e. The Labute approximate surface area is 152 Å². The van der Waals surface area contributed by atoms with E-state index in [1.165, 1.54) is 0 Å². The maximum absolute atomic E-state index is 4.56. The van der Waals surface area contributed by atoms with E-state index in [0.29, 0.717) is 5.82 Å². The van der Waals surface area contributed by atoms with Gasteiger partial charge < -0.3 is 0 Å². The molecule has 110 valence electrons. The molecule has 0 saturated heterocycles. The summed E-state index contributed by atoms with van der Waals surface area (Å²) >= 11 is 10.4. The molecular formula is C15H9Br3N4.